The Hall–Kier alpha value is -7.70. The van der Waals surface area contributed by atoms with Gasteiger partial charge in [0.25, 0.3) is 0 Å². The van der Waals surface area contributed by atoms with Crippen molar-refractivity contribution in [1.82, 2.24) is 0 Å². The lowest BCUT2D eigenvalue weighted by Crippen LogP contribution is -2.17. The average Bonchev–Trinajstić information content (AvgIpc) is 3.51. The van der Waals surface area contributed by atoms with Gasteiger partial charge in [-0.1, -0.05) is 80.6 Å². The summed E-state index contributed by atoms with van der Waals surface area (Å²) >= 11 is 0. The standard InChI is InChI=1S/C55H36F2N2O2/c1-55(2)45-16-10-9-15-39(45)40-21-18-36(30-46(40)55)59(48-26-17-33(56)29-47(48)57)38-20-23-42-44-25-27-49-53-43(24-28-50(54(44)53)61-52(42)32-38)41-22-19-37(31-51(41)60-49)58(34-11-5-3-6-12-34)35-13-7-4-8-14-35/h3-32H,1-2H3. The van der Waals surface area contributed by atoms with Crippen LogP contribution in [0.5, 0.6) is 23.0 Å². The van der Waals surface area contributed by atoms with E-state index in [-0.39, 0.29) is 11.1 Å². The highest BCUT2D eigenvalue weighted by Crippen LogP contribution is 2.57. The van der Waals surface area contributed by atoms with Gasteiger partial charge in [-0.05, 0) is 130 Å². The first-order chi connectivity index (χ1) is 29.8. The highest BCUT2D eigenvalue weighted by Gasteiger charge is 2.36. The Bertz CT molecular complexity index is 3230. The van der Waals surface area contributed by atoms with E-state index in [0.717, 1.165) is 84.5 Å². The second kappa shape index (κ2) is 13.2. The number of hydrogen-bond donors (Lipinski definition) is 0. The molecule has 0 saturated carbocycles. The zero-order chi connectivity index (χ0) is 41.0. The number of fused-ring (bicyclic) bond motifs is 7. The highest BCUT2D eigenvalue weighted by atomic mass is 19.1. The third-order valence-corrected chi connectivity index (χ3v) is 12.6. The molecular formula is C55H36F2N2O2. The van der Waals surface area contributed by atoms with E-state index in [1.54, 1.807) is 0 Å². The first kappa shape index (κ1) is 35.3. The molecule has 12 rings (SSSR count). The van der Waals surface area contributed by atoms with Crippen LogP contribution in [0, 0.1) is 11.6 Å². The van der Waals surface area contributed by atoms with Gasteiger partial charge < -0.3 is 19.3 Å². The molecule has 0 unspecified atom stereocenters. The zero-order valence-corrected chi connectivity index (χ0v) is 33.3. The first-order valence-corrected chi connectivity index (χ1v) is 20.5. The predicted molar refractivity (Wildman–Crippen MR) is 242 cm³/mol. The average molecular weight is 795 g/mol. The van der Waals surface area contributed by atoms with Crippen molar-refractivity contribution in [3.8, 4) is 56.4 Å². The maximum Gasteiger partial charge on any atom is 0.150 e. The summed E-state index contributed by atoms with van der Waals surface area (Å²) in [6.07, 6.45) is 0. The van der Waals surface area contributed by atoms with Crippen molar-refractivity contribution in [2.75, 3.05) is 9.80 Å². The van der Waals surface area contributed by atoms with Crippen molar-refractivity contribution in [1.29, 1.82) is 0 Å². The summed E-state index contributed by atoms with van der Waals surface area (Å²) in [5, 5.41) is 1.96. The van der Waals surface area contributed by atoms with Gasteiger partial charge in [0.1, 0.15) is 34.6 Å². The molecule has 292 valence electrons. The number of hydrogen-bond acceptors (Lipinski definition) is 4. The topological polar surface area (TPSA) is 24.9 Å². The van der Waals surface area contributed by atoms with Gasteiger partial charge in [-0.25, -0.2) is 8.78 Å². The van der Waals surface area contributed by atoms with Crippen LogP contribution >= 0.6 is 0 Å². The molecule has 6 heteroatoms. The Balaban J connectivity index is 0.956. The van der Waals surface area contributed by atoms with Crippen LogP contribution in [0.4, 0.5) is 42.9 Å². The van der Waals surface area contributed by atoms with Crippen LogP contribution < -0.4 is 19.3 Å². The lowest BCUT2D eigenvalue weighted by molar-refractivity contribution is 0.480. The third kappa shape index (κ3) is 5.35. The van der Waals surface area contributed by atoms with Crippen LogP contribution in [0.2, 0.25) is 0 Å². The van der Waals surface area contributed by atoms with Gasteiger partial charge in [-0.3, -0.25) is 0 Å². The van der Waals surface area contributed by atoms with Crippen LogP contribution in [0.1, 0.15) is 25.0 Å². The molecule has 2 aliphatic heterocycles. The van der Waals surface area contributed by atoms with Crippen molar-refractivity contribution >= 4 is 44.9 Å². The van der Waals surface area contributed by atoms with Crippen LogP contribution in [-0.4, -0.2) is 0 Å². The molecule has 0 amide bonds. The minimum Gasteiger partial charge on any atom is -0.456 e. The summed E-state index contributed by atoms with van der Waals surface area (Å²) in [5.74, 6) is 1.59. The first-order valence-electron chi connectivity index (χ1n) is 20.5. The predicted octanol–water partition coefficient (Wildman–Crippen LogP) is 15.9. The largest absolute Gasteiger partial charge is 0.456 e. The molecule has 9 aromatic rings. The molecule has 0 bridgehead atoms. The fourth-order valence-corrected chi connectivity index (χ4v) is 9.73. The van der Waals surface area contributed by atoms with Crippen molar-refractivity contribution in [2.24, 2.45) is 0 Å². The van der Waals surface area contributed by atoms with Crippen molar-refractivity contribution in [3.63, 3.8) is 0 Å². The summed E-state index contributed by atoms with van der Waals surface area (Å²) < 4.78 is 43.8. The second-order valence-electron chi connectivity index (χ2n) is 16.4. The monoisotopic (exact) mass is 794 g/mol. The molecule has 3 aliphatic rings. The van der Waals surface area contributed by atoms with Gasteiger partial charge in [0.2, 0.25) is 0 Å². The molecule has 0 N–H and O–H groups in total. The van der Waals surface area contributed by atoms with E-state index in [0.29, 0.717) is 17.2 Å². The summed E-state index contributed by atoms with van der Waals surface area (Å²) in [4.78, 5) is 4.08. The molecule has 4 nitrogen and oxygen atoms in total. The fraction of sp³-hybridized carbons (Fsp3) is 0.0545. The van der Waals surface area contributed by atoms with E-state index in [2.05, 4.69) is 110 Å². The van der Waals surface area contributed by atoms with Crippen molar-refractivity contribution in [2.45, 2.75) is 19.3 Å². The molecule has 2 heterocycles. The Morgan fingerprint density at radius 1 is 0.377 bits per heavy atom. The Morgan fingerprint density at radius 2 is 0.869 bits per heavy atom. The van der Waals surface area contributed by atoms with Crippen LogP contribution in [0.25, 0.3) is 44.2 Å². The maximum absolute atomic E-state index is 15.9. The SMILES string of the molecule is CC1(C)c2ccccc2-c2ccc(N(c3ccc4c(c3)Oc3ccc5c6c(ccc-4c36)Oc3cc(N(c4ccccc4)c4ccccc4)ccc3-5)c3ccc(F)cc3F)cc21. The minimum absolute atomic E-state index is 0.235. The molecule has 0 radical (unpaired) electrons. The van der Waals surface area contributed by atoms with Gasteiger partial charge in [-0.2, -0.15) is 0 Å². The molecule has 0 saturated heterocycles. The van der Waals surface area contributed by atoms with Gasteiger partial charge >= 0.3 is 0 Å². The number of para-hydroxylation sites is 2. The maximum atomic E-state index is 15.9. The number of nitrogens with zero attached hydrogens (tertiary/aromatic N) is 2. The quantitative estimate of drug-likeness (QED) is 0.167. The lowest BCUT2D eigenvalue weighted by Gasteiger charge is -2.31. The van der Waals surface area contributed by atoms with Gasteiger partial charge in [0, 0.05) is 74.0 Å². The van der Waals surface area contributed by atoms with Gasteiger partial charge in [0.05, 0.1) is 5.69 Å². The number of ether oxygens (including phenoxy) is 2. The molecule has 1 aliphatic carbocycles. The number of halogens is 2. The summed E-state index contributed by atoms with van der Waals surface area (Å²) in [5.41, 5.74) is 13.2. The number of anilines is 6. The summed E-state index contributed by atoms with van der Waals surface area (Å²) in [7, 11) is 0. The minimum atomic E-state index is -0.661. The Kier molecular flexibility index (Phi) is 7.60. The van der Waals surface area contributed by atoms with Crippen molar-refractivity contribution in [3.05, 3.63) is 205 Å². The Morgan fingerprint density at radius 3 is 1.46 bits per heavy atom. The van der Waals surface area contributed by atoms with E-state index in [1.807, 2.05) is 77.7 Å². The smallest absolute Gasteiger partial charge is 0.150 e. The lowest BCUT2D eigenvalue weighted by atomic mass is 9.82. The molecular weight excluding hydrogens is 759 g/mol. The fourth-order valence-electron chi connectivity index (χ4n) is 9.73. The van der Waals surface area contributed by atoms with Gasteiger partial charge in [-0.15, -0.1) is 0 Å². The second-order valence-corrected chi connectivity index (χ2v) is 16.4. The van der Waals surface area contributed by atoms with Crippen LogP contribution in [0.3, 0.4) is 0 Å². The molecule has 0 atom stereocenters. The van der Waals surface area contributed by atoms with E-state index < -0.39 is 11.6 Å². The molecule has 9 aromatic carbocycles. The molecule has 0 aromatic heterocycles. The third-order valence-electron chi connectivity index (χ3n) is 12.6. The molecule has 61 heavy (non-hydrogen) atoms. The molecule has 0 fully saturated rings. The van der Waals surface area contributed by atoms with E-state index in [9.17, 15) is 4.39 Å². The van der Waals surface area contributed by atoms with E-state index in [4.69, 9.17) is 9.47 Å². The van der Waals surface area contributed by atoms with Gasteiger partial charge in [0.15, 0.2) is 0 Å². The van der Waals surface area contributed by atoms with E-state index >= 15 is 4.39 Å². The van der Waals surface area contributed by atoms with Crippen molar-refractivity contribution < 1.29 is 18.3 Å². The van der Waals surface area contributed by atoms with E-state index in [1.165, 1.54) is 23.3 Å². The summed E-state index contributed by atoms with van der Waals surface area (Å²) in [6, 6.07) is 59.8. The Labute approximate surface area is 352 Å². The number of rotatable bonds is 6. The molecule has 0 spiro atoms. The normalized spacial score (nSPS) is 13.3. The van der Waals surface area contributed by atoms with Crippen LogP contribution in [-0.2, 0) is 5.41 Å². The van der Waals surface area contributed by atoms with Crippen LogP contribution in [0.15, 0.2) is 182 Å². The zero-order valence-electron chi connectivity index (χ0n) is 33.3. The number of benzene rings is 9. The highest BCUT2D eigenvalue weighted by molar-refractivity contribution is 6.14. The summed E-state index contributed by atoms with van der Waals surface area (Å²) in [6.45, 7) is 4.44.